The van der Waals surface area contributed by atoms with Gasteiger partial charge in [0.2, 0.25) is 16.9 Å². The number of amides is 1. The number of non-ortho nitro benzene ring substituents is 2. The van der Waals surface area contributed by atoms with E-state index in [1.807, 2.05) is 0 Å². The van der Waals surface area contributed by atoms with Crippen molar-refractivity contribution in [1.82, 2.24) is 25.9 Å². The Labute approximate surface area is 320 Å². The van der Waals surface area contributed by atoms with E-state index in [2.05, 4.69) is 48.7 Å². The third kappa shape index (κ3) is 14.9. The minimum atomic E-state index is -1.03. The van der Waals surface area contributed by atoms with Gasteiger partial charge < -0.3 is 15.5 Å². The van der Waals surface area contributed by atoms with E-state index in [1.54, 1.807) is 24.3 Å². The van der Waals surface area contributed by atoms with Crippen LogP contribution in [0, 0.1) is 20.2 Å². The SMILES string of the molecule is C=CCCc1ccc([N+](=O)[O-])c2nonc12.CCCCCCCCCCCCCCCC(=O)N[C@@H](CO)[C@H](O)/C=C/CCc1ccc([N+](=O)[O-])c2nonc12. The summed E-state index contributed by atoms with van der Waals surface area (Å²) in [5.41, 5.74) is 2.46. The van der Waals surface area contributed by atoms with Gasteiger partial charge in [0.15, 0.2) is 0 Å². The fraction of sp³-hybridized carbons (Fsp3) is 0.564. The van der Waals surface area contributed by atoms with E-state index in [0.29, 0.717) is 36.7 Å². The van der Waals surface area contributed by atoms with Gasteiger partial charge in [0.25, 0.3) is 0 Å². The molecule has 0 unspecified atom stereocenters. The van der Waals surface area contributed by atoms with Crippen molar-refractivity contribution < 1.29 is 34.1 Å². The molecular weight excluding hydrogens is 710 g/mol. The summed E-state index contributed by atoms with van der Waals surface area (Å²) in [5, 5.41) is 59.2. The number of hydrogen-bond acceptors (Lipinski definition) is 13. The predicted octanol–water partition coefficient (Wildman–Crippen LogP) is 8.19. The lowest BCUT2D eigenvalue weighted by molar-refractivity contribution is -0.383. The number of allylic oxidation sites excluding steroid dienone is 2. The molecule has 4 aromatic rings. The minimum absolute atomic E-state index is 0.0846. The zero-order chi connectivity index (χ0) is 39.8. The number of fused-ring (bicyclic) bond motifs is 2. The Bertz CT molecular complexity index is 1810. The molecule has 0 aliphatic heterocycles. The van der Waals surface area contributed by atoms with E-state index in [1.165, 1.54) is 82.4 Å². The first kappa shape index (κ1) is 44.3. The first-order valence-electron chi connectivity index (χ1n) is 19.3. The number of aromatic nitrogens is 4. The van der Waals surface area contributed by atoms with Crippen LogP contribution in [0.4, 0.5) is 11.4 Å². The number of carbonyl (C=O) groups excluding carboxylic acids is 1. The lowest BCUT2D eigenvalue weighted by Crippen LogP contribution is -2.45. The molecule has 0 radical (unpaired) electrons. The molecule has 2 atom stereocenters. The monoisotopic (exact) mass is 765 g/mol. The molecule has 300 valence electrons. The number of carbonyl (C=O) groups is 1. The molecular formula is C39H55N7O9. The molecule has 0 saturated heterocycles. The second-order valence-corrected chi connectivity index (χ2v) is 13.6. The van der Waals surface area contributed by atoms with Crippen LogP contribution < -0.4 is 5.32 Å². The second-order valence-electron chi connectivity index (χ2n) is 13.6. The van der Waals surface area contributed by atoms with Gasteiger partial charge in [-0.15, -0.1) is 6.58 Å². The van der Waals surface area contributed by atoms with Gasteiger partial charge in [-0.2, -0.15) is 0 Å². The van der Waals surface area contributed by atoms with Gasteiger partial charge in [-0.1, -0.05) is 102 Å². The van der Waals surface area contributed by atoms with Gasteiger partial charge in [0, 0.05) is 18.6 Å². The standard InChI is InChI=1S/C29H46N4O6.C10H9N3O3/c1-2-3-4-5-6-7-8-9-10-11-12-13-14-19-27(36)30-24(22-34)26(35)18-16-15-17-23-20-21-25(33(37)38)29-28(23)31-39-32-29;1-2-3-4-7-5-6-8(13(14)15)10-9(7)11-16-12-10/h16,18,20-21,24,26,34-35H,2-15,17,19,22H2,1H3,(H,30,36);2,5-6H,1,3-4H2/b18-16+;/t24-,26+;/m0./s1. The molecule has 0 spiro atoms. The molecule has 16 heteroatoms. The van der Waals surface area contributed by atoms with Crippen LogP contribution >= 0.6 is 0 Å². The second kappa shape index (κ2) is 25.1. The molecule has 2 heterocycles. The molecule has 0 aliphatic rings. The number of aliphatic hydroxyl groups is 2. The maximum absolute atomic E-state index is 12.3. The number of benzene rings is 2. The van der Waals surface area contributed by atoms with Crippen molar-refractivity contribution in [2.45, 2.75) is 135 Å². The third-order valence-electron chi connectivity index (χ3n) is 9.34. The number of nitro benzene ring substituents is 2. The summed E-state index contributed by atoms with van der Waals surface area (Å²) in [6, 6.07) is 5.30. The molecule has 0 aliphatic carbocycles. The Morgan fingerprint density at radius 2 is 1.22 bits per heavy atom. The Kier molecular flexibility index (Phi) is 20.2. The van der Waals surface area contributed by atoms with E-state index >= 15 is 0 Å². The van der Waals surface area contributed by atoms with E-state index in [-0.39, 0.29) is 34.9 Å². The fourth-order valence-electron chi connectivity index (χ4n) is 6.20. The molecule has 55 heavy (non-hydrogen) atoms. The summed E-state index contributed by atoms with van der Waals surface area (Å²) in [6.45, 7) is 5.49. The van der Waals surface area contributed by atoms with Crippen molar-refractivity contribution in [3.63, 3.8) is 0 Å². The van der Waals surface area contributed by atoms with Crippen LogP contribution in [0.25, 0.3) is 22.1 Å². The van der Waals surface area contributed by atoms with Crippen molar-refractivity contribution in [2.75, 3.05) is 6.61 Å². The summed E-state index contributed by atoms with van der Waals surface area (Å²) in [4.78, 5) is 33.1. The maximum atomic E-state index is 12.3. The van der Waals surface area contributed by atoms with Crippen LogP contribution in [0.1, 0.15) is 121 Å². The van der Waals surface area contributed by atoms with Crippen LogP contribution in [0.3, 0.4) is 0 Å². The summed E-state index contributed by atoms with van der Waals surface area (Å²) in [7, 11) is 0. The highest BCUT2D eigenvalue weighted by Crippen LogP contribution is 2.27. The molecule has 0 fully saturated rings. The van der Waals surface area contributed by atoms with Crippen LogP contribution in [0.2, 0.25) is 0 Å². The minimum Gasteiger partial charge on any atom is -0.394 e. The van der Waals surface area contributed by atoms with Crippen LogP contribution in [-0.2, 0) is 17.6 Å². The van der Waals surface area contributed by atoms with Gasteiger partial charge in [-0.3, -0.25) is 25.0 Å². The summed E-state index contributed by atoms with van der Waals surface area (Å²) >= 11 is 0. The maximum Gasteiger partial charge on any atom is 0.300 e. The number of aliphatic hydroxyl groups excluding tert-OH is 2. The van der Waals surface area contributed by atoms with E-state index in [4.69, 9.17) is 0 Å². The van der Waals surface area contributed by atoms with Gasteiger partial charge in [0.05, 0.1) is 28.6 Å². The van der Waals surface area contributed by atoms with Crippen molar-refractivity contribution in [3.05, 3.63) is 80.4 Å². The lowest BCUT2D eigenvalue weighted by atomic mass is 10.0. The van der Waals surface area contributed by atoms with Crippen LogP contribution in [0.15, 0.2) is 58.3 Å². The highest BCUT2D eigenvalue weighted by molar-refractivity contribution is 5.86. The van der Waals surface area contributed by atoms with Gasteiger partial charge in [-0.05, 0) is 76.0 Å². The molecule has 4 rings (SSSR count). The van der Waals surface area contributed by atoms with Crippen molar-refractivity contribution >= 4 is 39.3 Å². The molecule has 2 aromatic carbocycles. The average molecular weight is 766 g/mol. The molecule has 2 aromatic heterocycles. The van der Waals surface area contributed by atoms with Crippen molar-refractivity contribution in [3.8, 4) is 0 Å². The van der Waals surface area contributed by atoms with Gasteiger partial charge >= 0.3 is 11.4 Å². The largest absolute Gasteiger partial charge is 0.394 e. The summed E-state index contributed by atoms with van der Waals surface area (Å²) in [6.07, 6.45) is 23.1. The van der Waals surface area contributed by atoms with Crippen molar-refractivity contribution in [2.24, 2.45) is 0 Å². The van der Waals surface area contributed by atoms with Crippen LogP contribution in [-0.4, -0.2) is 65.3 Å². The summed E-state index contributed by atoms with van der Waals surface area (Å²) < 4.78 is 9.22. The molecule has 16 nitrogen and oxygen atoms in total. The Balaban J connectivity index is 0.000000418. The average Bonchev–Trinajstić information content (AvgIpc) is 3.88. The number of nitrogens with zero attached hydrogens (tertiary/aromatic N) is 6. The number of aryl methyl sites for hydroxylation is 2. The molecule has 0 bridgehead atoms. The smallest absolute Gasteiger partial charge is 0.300 e. The Morgan fingerprint density at radius 3 is 1.67 bits per heavy atom. The van der Waals surface area contributed by atoms with Crippen LogP contribution in [0.5, 0.6) is 0 Å². The lowest BCUT2D eigenvalue weighted by Gasteiger charge is -2.20. The Hall–Kier alpha value is -5.09. The molecule has 0 saturated carbocycles. The number of nitrogens with one attached hydrogen (secondary N) is 1. The quantitative estimate of drug-likeness (QED) is 0.0237. The number of rotatable bonds is 26. The third-order valence-corrected chi connectivity index (χ3v) is 9.34. The highest BCUT2D eigenvalue weighted by atomic mass is 16.6. The Morgan fingerprint density at radius 1 is 0.764 bits per heavy atom. The van der Waals surface area contributed by atoms with E-state index in [0.717, 1.165) is 36.8 Å². The zero-order valence-corrected chi connectivity index (χ0v) is 31.8. The first-order chi connectivity index (χ1) is 26.7. The zero-order valence-electron chi connectivity index (χ0n) is 31.8. The van der Waals surface area contributed by atoms with Gasteiger partial charge in [-0.25, -0.2) is 9.26 Å². The van der Waals surface area contributed by atoms with E-state index < -0.39 is 22.0 Å². The topological polar surface area (TPSA) is 234 Å². The molecule has 1 amide bonds. The number of nitro groups is 2. The van der Waals surface area contributed by atoms with Crippen molar-refractivity contribution in [1.29, 1.82) is 0 Å². The number of hydrogen-bond donors (Lipinski definition) is 3. The molecule has 3 N–H and O–H groups in total. The van der Waals surface area contributed by atoms with E-state index in [9.17, 15) is 35.2 Å². The predicted molar refractivity (Wildman–Crippen MR) is 208 cm³/mol. The first-order valence-corrected chi connectivity index (χ1v) is 19.3. The van der Waals surface area contributed by atoms with Gasteiger partial charge in [0.1, 0.15) is 11.0 Å². The fourth-order valence-corrected chi connectivity index (χ4v) is 6.20. The number of unbranched alkanes of at least 4 members (excludes halogenated alkanes) is 12. The summed E-state index contributed by atoms with van der Waals surface area (Å²) in [5.74, 6) is -0.170. The normalized spacial score (nSPS) is 12.4. The highest BCUT2D eigenvalue weighted by Gasteiger charge is 2.21.